The quantitative estimate of drug-likeness (QED) is 0.621. The summed E-state index contributed by atoms with van der Waals surface area (Å²) in [7, 11) is 0. The van der Waals surface area contributed by atoms with Crippen molar-refractivity contribution >= 4 is 11.8 Å². The van der Waals surface area contributed by atoms with Gasteiger partial charge in [-0.1, -0.05) is 0 Å². The van der Waals surface area contributed by atoms with E-state index in [0.717, 1.165) is 31.8 Å². The molecule has 66 valence electrons. The molecular weight excluding hydrogens is 170 g/mol. The molecule has 0 aromatic heterocycles. The normalized spacial score (nSPS) is 41.4. The van der Waals surface area contributed by atoms with Gasteiger partial charge in [0.05, 0.1) is 12.7 Å². The zero-order valence-electron chi connectivity index (χ0n) is 7.08. The number of hydrogen-bond donors (Lipinski definition) is 0. The molecule has 0 radical (unpaired) electrons. The first-order valence-electron chi connectivity index (χ1n) is 4.50. The molecule has 2 atom stereocenters. The molecule has 0 aliphatic carbocycles. The third-order valence-electron chi connectivity index (χ3n) is 2.83. The number of thioether (sulfide) groups is 1. The van der Waals surface area contributed by atoms with Gasteiger partial charge in [0.25, 0.3) is 0 Å². The number of rotatable bonds is 1. The van der Waals surface area contributed by atoms with Crippen LogP contribution in [0.15, 0.2) is 0 Å². The summed E-state index contributed by atoms with van der Waals surface area (Å²) in [5.74, 6) is 1.65. The SMILES string of the molecule is N#CC1(C2CCOC2)CCCS1. The maximum Gasteiger partial charge on any atom is 0.107 e. The van der Waals surface area contributed by atoms with Crippen LogP contribution in [0.2, 0.25) is 0 Å². The van der Waals surface area contributed by atoms with Crippen LogP contribution in [0.25, 0.3) is 0 Å². The fourth-order valence-electron chi connectivity index (χ4n) is 2.06. The molecular formula is C9H13NOS. The minimum Gasteiger partial charge on any atom is -0.381 e. The van der Waals surface area contributed by atoms with E-state index < -0.39 is 0 Å². The van der Waals surface area contributed by atoms with Crippen LogP contribution in [0.3, 0.4) is 0 Å². The van der Waals surface area contributed by atoms with Crippen molar-refractivity contribution in [1.29, 1.82) is 5.26 Å². The van der Waals surface area contributed by atoms with E-state index in [9.17, 15) is 0 Å². The van der Waals surface area contributed by atoms with Crippen molar-refractivity contribution < 1.29 is 4.74 Å². The van der Waals surface area contributed by atoms with Crippen LogP contribution in [0, 0.1) is 17.2 Å². The van der Waals surface area contributed by atoms with Gasteiger partial charge in [-0.3, -0.25) is 0 Å². The van der Waals surface area contributed by atoms with Crippen LogP contribution >= 0.6 is 11.8 Å². The Bertz CT molecular complexity index is 199. The van der Waals surface area contributed by atoms with Crippen molar-refractivity contribution in [3.05, 3.63) is 0 Å². The van der Waals surface area contributed by atoms with E-state index in [1.165, 1.54) is 6.42 Å². The Morgan fingerprint density at radius 2 is 2.50 bits per heavy atom. The summed E-state index contributed by atoms with van der Waals surface area (Å²) < 4.78 is 5.25. The van der Waals surface area contributed by atoms with E-state index in [1.807, 2.05) is 11.8 Å². The Kier molecular flexibility index (Phi) is 2.29. The monoisotopic (exact) mass is 183 g/mol. The topological polar surface area (TPSA) is 33.0 Å². The largest absolute Gasteiger partial charge is 0.381 e. The van der Waals surface area contributed by atoms with Crippen molar-refractivity contribution in [2.75, 3.05) is 19.0 Å². The predicted octanol–water partition coefficient (Wildman–Crippen LogP) is 1.81. The molecule has 2 aliphatic heterocycles. The Morgan fingerprint density at radius 1 is 1.58 bits per heavy atom. The van der Waals surface area contributed by atoms with Gasteiger partial charge in [-0.25, -0.2) is 0 Å². The molecule has 12 heavy (non-hydrogen) atoms. The number of nitrogens with zero attached hydrogens (tertiary/aromatic N) is 1. The molecule has 2 fully saturated rings. The summed E-state index contributed by atoms with van der Waals surface area (Å²) in [5, 5.41) is 9.15. The van der Waals surface area contributed by atoms with E-state index in [2.05, 4.69) is 6.07 Å². The van der Waals surface area contributed by atoms with E-state index >= 15 is 0 Å². The van der Waals surface area contributed by atoms with Crippen LogP contribution in [-0.2, 0) is 4.74 Å². The van der Waals surface area contributed by atoms with E-state index in [-0.39, 0.29) is 4.75 Å². The lowest BCUT2D eigenvalue weighted by atomic mass is 9.88. The standard InChI is InChI=1S/C9H13NOS/c10-7-9(3-1-5-12-9)8-2-4-11-6-8/h8H,1-6H2. The lowest BCUT2D eigenvalue weighted by Gasteiger charge is -2.25. The third-order valence-corrected chi connectivity index (χ3v) is 4.47. The highest BCUT2D eigenvalue weighted by Gasteiger charge is 2.44. The maximum atomic E-state index is 9.15. The molecule has 2 nitrogen and oxygen atoms in total. The number of ether oxygens (including phenoxy) is 1. The van der Waals surface area contributed by atoms with Crippen molar-refractivity contribution in [1.82, 2.24) is 0 Å². The molecule has 0 aromatic carbocycles. The molecule has 0 saturated carbocycles. The van der Waals surface area contributed by atoms with Crippen LogP contribution < -0.4 is 0 Å². The lowest BCUT2D eigenvalue weighted by Crippen LogP contribution is -2.30. The van der Waals surface area contributed by atoms with Crippen LogP contribution in [0.5, 0.6) is 0 Å². The molecule has 2 heterocycles. The molecule has 0 aromatic rings. The molecule has 2 saturated heterocycles. The summed E-state index contributed by atoms with van der Waals surface area (Å²) >= 11 is 1.85. The highest BCUT2D eigenvalue weighted by atomic mass is 32.2. The smallest absolute Gasteiger partial charge is 0.107 e. The second-order valence-electron chi connectivity index (χ2n) is 3.51. The van der Waals surface area contributed by atoms with Crippen molar-refractivity contribution in [2.24, 2.45) is 5.92 Å². The van der Waals surface area contributed by atoms with Gasteiger partial charge in [0.15, 0.2) is 0 Å². The molecule has 0 spiro atoms. The minimum absolute atomic E-state index is 0.0868. The summed E-state index contributed by atoms with van der Waals surface area (Å²) in [5.41, 5.74) is 0. The Labute approximate surface area is 77.3 Å². The summed E-state index contributed by atoms with van der Waals surface area (Å²) in [6.07, 6.45) is 3.36. The molecule has 2 aliphatic rings. The summed E-state index contributed by atoms with van der Waals surface area (Å²) in [6.45, 7) is 1.66. The molecule has 0 amide bonds. The van der Waals surface area contributed by atoms with E-state index in [1.54, 1.807) is 0 Å². The van der Waals surface area contributed by atoms with Gasteiger partial charge in [-0.15, -0.1) is 11.8 Å². The third kappa shape index (κ3) is 1.23. The zero-order valence-corrected chi connectivity index (χ0v) is 7.90. The second kappa shape index (κ2) is 3.27. The van der Waals surface area contributed by atoms with Gasteiger partial charge >= 0.3 is 0 Å². The zero-order chi connectivity index (χ0) is 8.44. The van der Waals surface area contributed by atoms with Gasteiger partial charge < -0.3 is 4.74 Å². The van der Waals surface area contributed by atoms with Crippen LogP contribution in [0.1, 0.15) is 19.3 Å². The van der Waals surface area contributed by atoms with Gasteiger partial charge in [-0.2, -0.15) is 5.26 Å². The lowest BCUT2D eigenvalue weighted by molar-refractivity contribution is 0.181. The minimum atomic E-state index is -0.0868. The highest BCUT2D eigenvalue weighted by molar-refractivity contribution is 8.01. The van der Waals surface area contributed by atoms with Gasteiger partial charge in [-0.05, 0) is 25.0 Å². The maximum absolute atomic E-state index is 9.15. The molecule has 0 bridgehead atoms. The molecule has 2 rings (SSSR count). The molecule has 3 heteroatoms. The Balaban J connectivity index is 2.11. The van der Waals surface area contributed by atoms with Crippen molar-refractivity contribution in [2.45, 2.75) is 24.0 Å². The first kappa shape index (κ1) is 8.40. The molecule has 0 N–H and O–H groups in total. The number of hydrogen-bond acceptors (Lipinski definition) is 3. The fraction of sp³-hybridized carbons (Fsp3) is 0.889. The van der Waals surface area contributed by atoms with Gasteiger partial charge in [0, 0.05) is 12.5 Å². The van der Waals surface area contributed by atoms with E-state index in [0.29, 0.717) is 5.92 Å². The predicted molar refractivity (Wildman–Crippen MR) is 49.0 cm³/mol. The average Bonchev–Trinajstić information content (AvgIpc) is 2.76. The van der Waals surface area contributed by atoms with Crippen LogP contribution in [0.4, 0.5) is 0 Å². The van der Waals surface area contributed by atoms with E-state index in [4.69, 9.17) is 10.00 Å². The van der Waals surface area contributed by atoms with Crippen LogP contribution in [-0.4, -0.2) is 23.7 Å². The highest BCUT2D eigenvalue weighted by Crippen LogP contribution is 2.46. The Hall–Kier alpha value is -0.200. The van der Waals surface area contributed by atoms with Crippen molar-refractivity contribution in [3.63, 3.8) is 0 Å². The first-order valence-corrected chi connectivity index (χ1v) is 5.49. The fourth-order valence-corrected chi connectivity index (χ4v) is 3.49. The van der Waals surface area contributed by atoms with Gasteiger partial charge in [0.1, 0.15) is 4.75 Å². The second-order valence-corrected chi connectivity index (χ2v) is 4.94. The summed E-state index contributed by atoms with van der Waals surface area (Å²) in [6, 6.07) is 2.50. The average molecular weight is 183 g/mol. The summed E-state index contributed by atoms with van der Waals surface area (Å²) in [4.78, 5) is 0. The Morgan fingerprint density at radius 3 is 3.00 bits per heavy atom. The molecule has 2 unspecified atom stereocenters. The number of nitriles is 1. The first-order chi connectivity index (χ1) is 5.87. The van der Waals surface area contributed by atoms with Gasteiger partial charge in [0.2, 0.25) is 0 Å². The van der Waals surface area contributed by atoms with Crippen molar-refractivity contribution in [3.8, 4) is 6.07 Å².